The lowest BCUT2D eigenvalue weighted by Crippen LogP contribution is -2.38. The molecule has 1 saturated heterocycles. The first-order valence-electron chi connectivity index (χ1n) is 6.87. The van der Waals surface area contributed by atoms with Crippen molar-refractivity contribution in [2.24, 2.45) is 5.92 Å². The van der Waals surface area contributed by atoms with Gasteiger partial charge in [-0.15, -0.1) is 0 Å². The van der Waals surface area contributed by atoms with Crippen LogP contribution in [0.15, 0.2) is 12.4 Å². The predicted octanol–water partition coefficient (Wildman–Crippen LogP) is 2.57. The van der Waals surface area contributed by atoms with E-state index in [0.29, 0.717) is 19.0 Å². The Hall–Kier alpha value is -1.52. The Kier molecular flexibility index (Phi) is 3.83. The third-order valence-electron chi connectivity index (χ3n) is 3.83. The van der Waals surface area contributed by atoms with Crippen LogP contribution in [0.1, 0.15) is 39.2 Å². The van der Waals surface area contributed by atoms with Gasteiger partial charge in [-0.3, -0.25) is 4.68 Å². The minimum Gasteiger partial charge on any atom is -0.465 e. The summed E-state index contributed by atoms with van der Waals surface area (Å²) in [7, 11) is 0. The monoisotopic (exact) mass is 265 g/mol. The van der Waals surface area contributed by atoms with Gasteiger partial charge in [0.2, 0.25) is 0 Å². The van der Waals surface area contributed by atoms with Crippen molar-refractivity contribution in [3.05, 3.63) is 18.0 Å². The zero-order valence-electron chi connectivity index (χ0n) is 12.0. The molecule has 0 aliphatic carbocycles. The number of piperidine rings is 1. The van der Waals surface area contributed by atoms with Crippen molar-refractivity contribution in [3.8, 4) is 0 Å². The van der Waals surface area contributed by atoms with Crippen molar-refractivity contribution in [1.29, 1.82) is 0 Å². The molecule has 1 aliphatic rings. The van der Waals surface area contributed by atoms with Gasteiger partial charge in [0.1, 0.15) is 0 Å². The van der Waals surface area contributed by atoms with Crippen molar-refractivity contribution < 1.29 is 9.90 Å². The second kappa shape index (κ2) is 5.23. The summed E-state index contributed by atoms with van der Waals surface area (Å²) in [6, 6.07) is 0. The predicted molar refractivity (Wildman–Crippen MR) is 73.2 cm³/mol. The first-order valence-corrected chi connectivity index (χ1v) is 6.87. The number of aromatic nitrogens is 2. The highest BCUT2D eigenvalue weighted by Gasteiger charge is 2.23. The molecule has 106 valence electrons. The third-order valence-corrected chi connectivity index (χ3v) is 3.83. The van der Waals surface area contributed by atoms with E-state index in [4.69, 9.17) is 5.11 Å². The molecule has 1 amide bonds. The van der Waals surface area contributed by atoms with E-state index < -0.39 is 6.09 Å². The Labute approximate surface area is 114 Å². The molecule has 0 aromatic carbocycles. The summed E-state index contributed by atoms with van der Waals surface area (Å²) < 4.78 is 2.00. The maximum absolute atomic E-state index is 10.8. The van der Waals surface area contributed by atoms with Gasteiger partial charge < -0.3 is 10.0 Å². The van der Waals surface area contributed by atoms with E-state index in [1.54, 1.807) is 0 Å². The molecule has 19 heavy (non-hydrogen) atoms. The fourth-order valence-electron chi connectivity index (χ4n) is 2.42. The number of carbonyl (C=O) groups is 1. The highest BCUT2D eigenvalue weighted by Crippen LogP contribution is 2.23. The standard InChI is InChI=1S/C14H23N3O2/c1-14(2,3)12-8-15-17(10-12)9-11-4-6-16(7-5-11)13(18)19/h8,10-11H,4-7,9H2,1-3H3,(H,18,19). The fraction of sp³-hybridized carbons (Fsp3) is 0.714. The van der Waals surface area contributed by atoms with Gasteiger partial charge in [0.05, 0.1) is 6.20 Å². The average molecular weight is 265 g/mol. The van der Waals surface area contributed by atoms with Crippen molar-refractivity contribution >= 4 is 6.09 Å². The average Bonchev–Trinajstić information content (AvgIpc) is 2.78. The molecule has 0 saturated carbocycles. The molecule has 0 unspecified atom stereocenters. The van der Waals surface area contributed by atoms with E-state index in [-0.39, 0.29) is 5.41 Å². The minimum atomic E-state index is -0.799. The van der Waals surface area contributed by atoms with E-state index in [0.717, 1.165) is 19.4 Å². The number of nitrogens with zero attached hydrogens (tertiary/aromatic N) is 3. The molecular formula is C14H23N3O2. The van der Waals surface area contributed by atoms with E-state index in [1.807, 2.05) is 10.9 Å². The highest BCUT2D eigenvalue weighted by atomic mass is 16.4. The molecule has 0 spiro atoms. The Balaban J connectivity index is 1.89. The van der Waals surface area contributed by atoms with Crippen LogP contribution in [0, 0.1) is 5.92 Å². The maximum atomic E-state index is 10.8. The zero-order chi connectivity index (χ0) is 14.0. The number of likely N-dealkylation sites (tertiary alicyclic amines) is 1. The lowest BCUT2D eigenvalue weighted by atomic mass is 9.90. The van der Waals surface area contributed by atoms with Crippen molar-refractivity contribution in [3.63, 3.8) is 0 Å². The van der Waals surface area contributed by atoms with Gasteiger partial charge >= 0.3 is 6.09 Å². The third kappa shape index (κ3) is 3.49. The molecule has 1 aromatic heterocycles. The topological polar surface area (TPSA) is 58.4 Å². The molecule has 0 radical (unpaired) electrons. The summed E-state index contributed by atoms with van der Waals surface area (Å²) in [4.78, 5) is 12.3. The quantitative estimate of drug-likeness (QED) is 0.894. The summed E-state index contributed by atoms with van der Waals surface area (Å²) in [5, 5.41) is 13.3. The summed E-state index contributed by atoms with van der Waals surface area (Å²) >= 11 is 0. The van der Waals surface area contributed by atoms with Gasteiger partial charge in [0, 0.05) is 25.8 Å². The van der Waals surface area contributed by atoms with Crippen molar-refractivity contribution in [1.82, 2.24) is 14.7 Å². The SMILES string of the molecule is CC(C)(C)c1cnn(CC2CCN(C(=O)O)CC2)c1. The van der Waals surface area contributed by atoms with Crippen LogP contribution in [-0.2, 0) is 12.0 Å². The second-order valence-corrected chi connectivity index (χ2v) is 6.41. The van der Waals surface area contributed by atoms with Crippen molar-refractivity contribution in [2.45, 2.75) is 45.6 Å². The van der Waals surface area contributed by atoms with Gasteiger partial charge in [-0.2, -0.15) is 5.10 Å². The molecule has 0 atom stereocenters. The lowest BCUT2D eigenvalue weighted by molar-refractivity contribution is 0.121. The first-order chi connectivity index (χ1) is 8.86. The van der Waals surface area contributed by atoms with Gasteiger partial charge in [-0.05, 0) is 29.7 Å². The Morgan fingerprint density at radius 2 is 2.05 bits per heavy atom. The minimum absolute atomic E-state index is 0.130. The normalized spacial score (nSPS) is 17.7. The Morgan fingerprint density at radius 3 is 2.53 bits per heavy atom. The zero-order valence-corrected chi connectivity index (χ0v) is 12.0. The Bertz CT molecular complexity index is 440. The highest BCUT2D eigenvalue weighted by molar-refractivity contribution is 5.64. The smallest absolute Gasteiger partial charge is 0.407 e. The van der Waals surface area contributed by atoms with Crippen molar-refractivity contribution in [2.75, 3.05) is 13.1 Å². The van der Waals surface area contributed by atoms with Crippen LogP contribution in [0.25, 0.3) is 0 Å². The van der Waals surface area contributed by atoms with E-state index in [9.17, 15) is 4.79 Å². The van der Waals surface area contributed by atoms with Crippen LogP contribution in [0.3, 0.4) is 0 Å². The van der Waals surface area contributed by atoms with Crippen LogP contribution in [-0.4, -0.2) is 39.0 Å². The molecule has 1 fully saturated rings. The number of hydrogen-bond donors (Lipinski definition) is 1. The molecule has 2 rings (SSSR count). The maximum Gasteiger partial charge on any atom is 0.407 e. The molecular weight excluding hydrogens is 242 g/mol. The molecule has 5 heteroatoms. The van der Waals surface area contributed by atoms with Crippen LogP contribution >= 0.6 is 0 Å². The Morgan fingerprint density at radius 1 is 1.42 bits per heavy atom. The fourth-order valence-corrected chi connectivity index (χ4v) is 2.42. The number of carboxylic acid groups (broad SMARTS) is 1. The van der Waals surface area contributed by atoms with Crippen LogP contribution in [0.5, 0.6) is 0 Å². The summed E-state index contributed by atoms with van der Waals surface area (Å²) in [5.41, 5.74) is 1.38. The molecule has 5 nitrogen and oxygen atoms in total. The van der Waals surface area contributed by atoms with E-state index in [2.05, 4.69) is 32.1 Å². The van der Waals surface area contributed by atoms with Gasteiger partial charge in [-0.25, -0.2) is 4.79 Å². The molecule has 2 heterocycles. The van der Waals surface area contributed by atoms with Gasteiger partial charge in [0.25, 0.3) is 0 Å². The van der Waals surface area contributed by atoms with E-state index >= 15 is 0 Å². The molecule has 1 aliphatic heterocycles. The lowest BCUT2D eigenvalue weighted by Gasteiger charge is -2.29. The van der Waals surface area contributed by atoms with Gasteiger partial charge in [-0.1, -0.05) is 20.8 Å². The summed E-state index contributed by atoms with van der Waals surface area (Å²) in [6.45, 7) is 8.73. The van der Waals surface area contributed by atoms with Gasteiger partial charge in [0.15, 0.2) is 0 Å². The number of rotatable bonds is 2. The van der Waals surface area contributed by atoms with Crippen LogP contribution in [0.4, 0.5) is 4.79 Å². The summed E-state index contributed by atoms with van der Waals surface area (Å²) in [5.74, 6) is 0.531. The van der Waals surface area contributed by atoms with Crippen LogP contribution < -0.4 is 0 Å². The number of hydrogen-bond acceptors (Lipinski definition) is 2. The summed E-state index contributed by atoms with van der Waals surface area (Å²) in [6.07, 6.45) is 5.11. The van der Waals surface area contributed by atoms with Crippen LogP contribution in [0.2, 0.25) is 0 Å². The molecule has 0 bridgehead atoms. The molecule has 1 aromatic rings. The largest absolute Gasteiger partial charge is 0.465 e. The number of amides is 1. The van der Waals surface area contributed by atoms with E-state index in [1.165, 1.54) is 10.5 Å². The first kappa shape index (κ1) is 13.9. The second-order valence-electron chi connectivity index (χ2n) is 6.41. The molecule has 1 N–H and O–H groups in total.